The van der Waals surface area contributed by atoms with Crippen molar-refractivity contribution in [2.24, 2.45) is 10.2 Å². The summed E-state index contributed by atoms with van der Waals surface area (Å²) in [6.07, 6.45) is 0. The molecular weight excluding hydrogens is 438 g/mol. The summed E-state index contributed by atoms with van der Waals surface area (Å²) in [5.74, 6) is 0.634. The number of benzene rings is 2. The topological polar surface area (TPSA) is 114 Å². The van der Waals surface area contributed by atoms with Gasteiger partial charge in [-0.15, -0.1) is 5.11 Å². The van der Waals surface area contributed by atoms with Crippen LogP contribution >= 0.6 is 19.4 Å². The molecule has 2 aromatic carbocycles. The molecular formula is C14H12Cl2N5O4Zn+. The number of hydrogen-bond donors (Lipinski definition) is 0. The minimum absolute atomic E-state index is 0.0305. The van der Waals surface area contributed by atoms with Gasteiger partial charge < -0.3 is 9.47 Å². The van der Waals surface area contributed by atoms with Crippen molar-refractivity contribution in [1.29, 1.82) is 5.39 Å². The molecule has 26 heavy (non-hydrogen) atoms. The molecule has 132 valence electrons. The van der Waals surface area contributed by atoms with E-state index in [-0.39, 0.29) is 11.4 Å². The number of non-ortho nitro benzene ring substituents is 1. The molecule has 0 radical (unpaired) electrons. The Labute approximate surface area is 164 Å². The van der Waals surface area contributed by atoms with Crippen molar-refractivity contribution in [2.45, 2.75) is 0 Å². The summed E-state index contributed by atoms with van der Waals surface area (Å²) in [6, 6.07) is 8.57. The number of nitro groups is 1. The molecule has 0 spiro atoms. The van der Waals surface area contributed by atoms with Gasteiger partial charge in [0, 0.05) is 18.2 Å². The van der Waals surface area contributed by atoms with Crippen LogP contribution in [0.25, 0.3) is 4.98 Å². The van der Waals surface area contributed by atoms with Gasteiger partial charge in [0.05, 0.1) is 30.9 Å². The van der Waals surface area contributed by atoms with E-state index in [1.165, 1.54) is 50.6 Å². The predicted octanol–water partition coefficient (Wildman–Crippen LogP) is 5.89. The van der Waals surface area contributed by atoms with Crippen molar-refractivity contribution in [3.8, 4) is 11.5 Å². The molecule has 12 heteroatoms. The number of hydrogen-bond acceptors (Lipinski definition) is 7. The van der Waals surface area contributed by atoms with Gasteiger partial charge in [-0.25, -0.2) is 0 Å². The van der Waals surface area contributed by atoms with Crippen molar-refractivity contribution < 1.29 is 29.5 Å². The Morgan fingerprint density at radius 1 is 1.12 bits per heavy atom. The Balaban J connectivity index is 0.00000105. The van der Waals surface area contributed by atoms with E-state index in [1.807, 2.05) is 0 Å². The summed E-state index contributed by atoms with van der Waals surface area (Å²) in [6.45, 7) is 0. The van der Waals surface area contributed by atoms with Gasteiger partial charge in [0.1, 0.15) is 5.69 Å². The fourth-order valence-electron chi connectivity index (χ4n) is 1.77. The summed E-state index contributed by atoms with van der Waals surface area (Å²) in [7, 11) is 12.8. The average Bonchev–Trinajstić information content (AvgIpc) is 2.66. The molecule has 0 aliphatic carbocycles. The van der Waals surface area contributed by atoms with E-state index in [2.05, 4.69) is 15.2 Å². The van der Waals surface area contributed by atoms with Crippen LogP contribution in [0.5, 0.6) is 11.5 Å². The number of diazo groups is 1. The molecule has 0 fully saturated rings. The normalized spacial score (nSPS) is 9.50. The van der Waals surface area contributed by atoms with E-state index in [0.29, 0.717) is 22.9 Å². The molecule has 0 bridgehead atoms. The van der Waals surface area contributed by atoms with Gasteiger partial charge >= 0.3 is 40.2 Å². The van der Waals surface area contributed by atoms with E-state index in [1.54, 1.807) is 0 Å². The predicted molar refractivity (Wildman–Crippen MR) is 93.3 cm³/mol. The van der Waals surface area contributed by atoms with Crippen LogP contribution in [0.4, 0.5) is 22.7 Å². The van der Waals surface area contributed by atoms with Crippen LogP contribution in [0.2, 0.25) is 0 Å². The van der Waals surface area contributed by atoms with Gasteiger partial charge in [-0.2, -0.15) is 5.11 Å². The first-order valence-corrected chi connectivity index (χ1v) is 14.7. The Morgan fingerprint density at radius 2 is 1.69 bits per heavy atom. The van der Waals surface area contributed by atoms with E-state index < -0.39 is 20.1 Å². The summed E-state index contributed by atoms with van der Waals surface area (Å²) in [5, 5.41) is 27.5. The fourth-order valence-corrected chi connectivity index (χ4v) is 1.77. The average molecular weight is 451 g/mol. The van der Waals surface area contributed by atoms with E-state index >= 15 is 0 Å². The molecule has 0 aromatic heterocycles. The van der Waals surface area contributed by atoms with Gasteiger partial charge in [0.25, 0.3) is 5.69 Å². The van der Waals surface area contributed by atoms with E-state index in [9.17, 15) is 10.1 Å². The Morgan fingerprint density at radius 3 is 2.15 bits per heavy atom. The number of ether oxygens (including phenoxy) is 2. The summed E-state index contributed by atoms with van der Waals surface area (Å²) in [4.78, 5) is 13.2. The molecule has 0 saturated carbocycles. The van der Waals surface area contributed by atoms with E-state index in [4.69, 9.17) is 34.2 Å². The SMILES string of the molecule is COc1cc([N+]#N)c(OC)cc1N=Nc1ccc([N+](=O)[O-])cc1.[Cl][Zn][Cl]. The molecule has 0 aliphatic rings. The van der Waals surface area contributed by atoms with Crippen LogP contribution < -0.4 is 9.47 Å². The van der Waals surface area contributed by atoms with Crippen LogP contribution in [-0.2, 0) is 15.1 Å². The summed E-state index contributed by atoms with van der Waals surface area (Å²) >= 11 is -0.931. The third kappa shape index (κ3) is 6.19. The summed E-state index contributed by atoms with van der Waals surface area (Å²) < 4.78 is 10.2. The minimum atomic E-state index is -0.931. The van der Waals surface area contributed by atoms with Crippen LogP contribution in [0, 0.1) is 15.5 Å². The zero-order valence-corrected chi connectivity index (χ0v) is 18.3. The molecule has 0 saturated heterocycles. The number of methoxy groups -OCH3 is 2. The van der Waals surface area contributed by atoms with Gasteiger partial charge in [-0.1, -0.05) is 0 Å². The fraction of sp³-hybridized carbons (Fsp3) is 0.143. The Kier molecular flexibility index (Phi) is 9.44. The van der Waals surface area contributed by atoms with Crippen molar-refractivity contribution >= 4 is 42.1 Å². The zero-order valence-electron chi connectivity index (χ0n) is 13.8. The number of halogens is 2. The van der Waals surface area contributed by atoms with E-state index in [0.717, 1.165) is 0 Å². The third-order valence-electron chi connectivity index (χ3n) is 2.92. The first kappa shape index (κ1) is 21.7. The number of nitro benzene ring substituents is 1. The maximum absolute atomic E-state index is 10.6. The molecule has 0 atom stereocenters. The monoisotopic (exact) mass is 448 g/mol. The first-order valence-electron chi connectivity index (χ1n) is 6.89. The first-order chi connectivity index (χ1) is 12.5. The maximum atomic E-state index is 10.6. The molecule has 0 unspecified atom stereocenters. The number of rotatable bonds is 5. The zero-order chi connectivity index (χ0) is 19.5. The van der Waals surface area contributed by atoms with Crippen molar-refractivity contribution in [3.05, 3.63) is 51.5 Å². The van der Waals surface area contributed by atoms with Gasteiger partial charge in [0.15, 0.2) is 10.7 Å². The summed E-state index contributed by atoms with van der Waals surface area (Å²) in [5.41, 5.74) is 0.957. The van der Waals surface area contributed by atoms with Gasteiger partial charge in [-0.3, -0.25) is 10.1 Å². The second-order valence-corrected chi connectivity index (χ2v) is 8.99. The number of azo groups is 1. The van der Waals surface area contributed by atoms with Crippen LogP contribution in [-0.4, -0.2) is 19.1 Å². The second-order valence-electron chi connectivity index (χ2n) is 4.37. The molecule has 0 aliphatic heterocycles. The van der Waals surface area contributed by atoms with Crippen LogP contribution in [0.15, 0.2) is 46.6 Å². The molecule has 2 rings (SSSR count). The molecule has 0 N–H and O–H groups in total. The van der Waals surface area contributed by atoms with Gasteiger partial charge in [-0.05, 0) is 12.1 Å². The Hall–Kier alpha value is -2.34. The molecule has 0 amide bonds. The third-order valence-corrected chi connectivity index (χ3v) is 2.92. The van der Waals surface area contributed by atoms with Crippen molar-refractivity contribution in [1.82, 2.24) is 0 Å². The standard InChI is InChI=1S/C14H12N5O4.2ClH.Zn/c1-22-13-8-12(14(23-2)7-11(13)16-15)18-17-9-3-5-10(6-4-9)19(20)21;;;/h3-8H,1-2H3;2*1H;/q+1;;;+2/p-2. The van der Waals surface area contributed by atoms with Crippen LogP contribution in [0.3, 0.4) is 0 Å². The molecule has 0 heterocycles. The van der Waals surface area contributed by atoms with Crippen molar-refractivity contribution in [3.63, 3.8) is 0 Å². The van der Waals surface area contributed by atoms with Crippen molar-refractivity contribution in [2.75, 3.05) is 14.2 Å². The van der Waals surface area contributed by atoms with Crippen LogP contribution in [0.1, 0.15) is 0 Å². The molecule has 2 aromatic rings. The Bertz CT molecular complexity index is 827. The van der Waals surface area contributed by atoms with Gasteiger partial charge in [0.2, 0.25) is 11.1 Å². The second kappa shape index (κ2) is 11.3. The number of nitrogens with zero attached hydrogens (tertiary/aromatic N) is 5. The quantitative estimate of drug-likeness (QED) is 0.185. The molecule has 9 nitrogen and oxygen atoms in total.